The smallest absolute Gasteiger partial charge is 0.277 e. The summed E-state index contributed by atoms with van der Waals surface area (Å²) in [7, 11) is 0. The molecule has 5 nitrogen and oxygen atoms in total. The number of aryl methyl sites for hydroxylation is 1. The quantitative estimate of drug-likeness (QED) is 0.780. The van der Waals surface area contributed by atoms with Crippen LogP contribution in [0.2, 0.25) is 0 Å². The number of aliphatic imine (C=N–C) groups is 1. The lowest BCUT2D eigenvalue weighted by Gasteiger charge is -2.14. The van der Waals surface area contributed by atoms with Crippen molar-refractivity contribution >= 4 is 41.5 Å². The van der Waals surface area contributed by atoms with Gasteiger partial charge < -0.3 is 11.1 Å². The minimum Gasteiger partial charge on any atom is -0.364 e. The summed E-state index contributed by atoms with van der Waals surface area (Å²) in [6, 6.07) is 6.28. The minimum atomic E-state index is -0.559. The van der Waals surface area contributed by atoms with Crippen LogP contribution in [0.4, 0.5) is 5.69 Å². The van der Waals surface area contributed by atoms with Crippen molar-refractivity contribution in [2.45, 2.75) is 34.1 Å². The number of thiazole rings is 1. The van der Waals surface area contributed by atoms with Gasteiger partial charge in [-0.1, -0.05) is 38.1 Å². The monoisotopic (exact) mass is 356 g/mol. The Labute approximate surface area is 152 Å². The minimum absolute atomic E-state index is 0.233. The highest BCUT2D eigenvalue weighted by atomic mass is 32.1. The van der Waals surface area contributed by atoms with Gasteiger partial charge in [-0.2, -0.15) is 0 Å². The maximum absolute atomic E-state index is 11.4. The first kappa shape index (κ1) is 18.9. The molecule has 2 aromatic rings. The normalized spacial score (nSPS) is 12.7. The number of amides is 1. The molecule has 0 fully saturated rings. The van der Waals surface area contributed by atoms with Crippen molar-refractivity contribution in [1.29, 1.82) is 0 Å². The van der Waals surface area contributed by atoms with Gasteiger partial charge in [0.1, 0.15) is 5.35 Å². The molecule has 25 heavy (non-hydrogen) atoms. The summed E-state index contributed by atoms with van der Waals surface area (Å²) in [4.78, 5) is 20.1. The fourth-order valence-corrected chi connectivity index (χ4v) is 3.21. The summed E-state index contributed by atoms with van der Waals surface area (Å²) >= 11 is 1.17. The molecule has 0 bridgehead atoms. The third-order valence-electron chi connectivity index (χ3n) is 3.53. The van der Waals surface area contributed by atoms with Crippen molar-refractivity contribution in [3.63, 3.8) is 0 Å². The largest absolute Gasteiger partial charge is 0.364 e. The van der Waals surface area contributed by atoms with Crippen molar-refractivity contribution in [3.05, 3.63) is 44.2 Å². The van der Waals surface area contributed by atoms with Crippen molar-refractivity contribution < 1.29 is 4.79 Å². The van der Waals surface area contributed by atoms with Crippen molar-refractivity contribution in [2.24, 2.45) is 16.6 Å². The molecule has 0 radical (unpaired) electrons. The van der Waals surface area contributed by atoms with Crippen LogP contribution in [-0.4, -0.2) is 17.1 Å². The number of primary amides is 1. The van der Waals surface area contributed by atoms with Crippen LogP contribution in [0.5, 0.6) is 0 Å². The van der Waals surface area contributed by atoms with E-state index in [0.717, 1.165) is 12.1 Å². The third kappa shape index (κ3) is 4.76. The number of nitrogens with one attached hydrogen (secondary N) is 1. The summed E-state index contributed by atoms with van der Waals surface area (Å²) < 4.78 is 0.652. The van der Waals surface area contributed by atoms with E-state index in [4.69, 9.17) is 5.73 Å². The Morgan fingerprint density at radius 3 is 2.76 bits per heavy atom. The lowest BCUT2D eigenvalue weighted by molar-refractivity contribution is 0.1000. The van der Waals surface area contributed by atoms with Crippen LogP contribution in [0, 0.1) is 12.8 Å². The summed E-state index contributed by atoms with van der Waals surface area (Å²) in [6.07, 6.45) is 2.63. The molecule has 0 unspecified atom stereocenters. The molecule has 0 spiro atoms. The number of carbonyl (C=O) groups excluding carboxylic acids is 1. The zero-order valence-electron chi connectivity index (χ0n) is 15.1. The molecular weight excluding hydrogens is 332 g/mol. The molecule has 132 valence electrons. The van der Waals surface area contributed by atoms with Gasteiger partial charge in [-0.05, 0) is 37.8 Å². The van der Waals surface area contributed by atoms with Gasteiger partial charge in [0.2, 0.25) is 0 Å². The highest BCUT2D eigenvalue weighted by Crippen LogP contribution is 2.22. The Kier molecular flexibility index (Phi) is 6.09. The summed E-state index contributed by atoms with van der Waals surface area (Å²) in [5.74, 6) is 0.534. The second-order valence-electron chi connectivity index (χ2n) is 6.27. The summed E-state index contributed by atoms with van der Waals surface area (Å²) in [5.41, 5.74) is 8.74. The standard InChI is InChI=1S/C19H24N4OS/c1-6-21-18(16-13(5)25-19(23-16)17(20)24)22-15-8-7-12(4)10-14(15)9-11(2)3/h6-8,10-11,22H,5,9H2,1-4H3,(H2,20,24)/b18-16-,21-6?. The number of rotatable bonds is 6. The molecule has 1 aromatic carbocycles. The average Bonchev–Trinajstić information content (AvgIpc) is 2.91. The van der Waals surface area contributed by atoms with Crippen molar-refractivity contribution in [1.82, 2.24) is 4.98 Å². The molecule has 0 saturated heterocycles. The molecule has 1 amide bonds. The lowest BCUT2D eigenvalue weighted by atomic mass is 9.99. The molecule has 6 heteroatoms. The molecule has 1 heterocycles. The van der Waals surface area contributed by atoms with Crippen LogP contribution >= 0.6 is 11.3 Å². The number of carbonyl (C=O) groups is 1. The molecule has 1 aromatic heterocycles. The molecule has 0 atom stereocenters. The highest BCUT2D eigenvalue weighted by Gasteiger charge is 2.11. The van der Waals surface area contributed by atoms with E-state index in [0.29, 0.717) is 21.6 Å². The Morgan fingerprint density at radius 2 is 2.20 bits per heavy atom. The molecule has 0 saturated carbocycles. The van der Waals surface area contributed by atoms with E-state index >= 15 is 0 Å². The average molecular weight is 356 g/mol. The number of nitrogens with two attached hydrogens (primary N) is 1. The fourth-order valence-electron chi connectivity index (χ4n) is 2.50. The SMILES string of the molecule is C=c1sc(C(N)=O)n/c1=C(/N=CC)Nc1ccc(C)cc1CC(C)C. The number of aromatic nitrogens is 1. The van der Waals surface area contributed by atoms with Crippen LogP contribution in [0.15, 0.2) is 23.2 Å². The lowest BCUT2D eigenvalue weighted by Crippen LogP contribution is -2.26. The first-order valence-electron chi connectivity index (χ1n) is 8.17. The third-order valence-corrected chi connectivity index (χ3v) is 4.46. The number of nitrogens with zero attached hydrogens (tertiary/aromatic N) is 2. The second kappa shape index (κ2) is 8.07. The molecule has 0 aliphatic heterocycles. The number of benzene rings is 1. The Morgan fingerprint density at radius 1 is 1.48 bits per heavy atom. The number of hydrogen-bond acceptors (Lipinski definition) is 5. The summed E-state index contributed by atoms with van der Waals surface area (Å²) in [6.45, 7) is 12.3. The molecule has 0 aliphatic carbocycles. The maximum Gasteiger partial charge on any atom is 0.277 e. The Balaban J connectivity index is 2.57. The van der Waals surface area contributed by atoms with Crippen LogP contribution in [-0.2, 0) is 6.42 Å². The zero-order valence-corrected chi connectivity index (χ0v) is 15.9. The number of hydrogen-bond donors (Lipinski definition) is 2. The van der Waals surface area contributed by atoms with E-state index in [1.54, 1.807) is 6.21 Å². The van der Waals surface area contributed by atoms with Crippen LogP contribution in [0.3, 0.4) is 0 Å². The van der Waals surface area contributed by atoms with E-state index in [1.807, 2.05) is 13.0 Å². The molecule has 3 N–H and O–H groups in total. The van der Waals surface area contributed by atoms with E-state index < -0.39 is 5.91 Å². The first-order valence-corrected chi connectivity index (χ1v) is 8.98. The van der Waals surface area contributed by atoms with Crippen LogP contribution in [0.25, 0.3) is 12.4 Å². The van der Waals surface area contributed by atoms with Gasteiger partial charge in [0, 0.05) is 11.9 Å². The topological polar surface area (TPSA) is 80.4 Å². The van der Waals surface area contributed by atoms with Gasteiger partial charge in [0.05, 0.1) is 4.53 Å². The number of anilines is 1. The van der Waals surface area contributed by atoms with Gasteiger partial charge in [-0.3, -0.25) is 4.79 Å². The van der Waals surface area contributed by atoms with E-state index in [1.165, 1.54) is 22.5 Å². The molecule has 0 aliphatic rings. The molecular formula is C19H24N4OS. The van der Waals surface area contributed by atoms with Crippen LogP contribution in [0.1, 0.15) is 41.7 Å². The maximum atomic E-state index is 11.4. The van der Waals surface area contributed by atoms with Crippen LogP contribution < -0.4 is 20.9 Å². The highest BCUT2D eigenvalue weighted by molar-refractivity contribution is 7.11. The predicted octanol–water partition coefficient (Wildman–Crippen LogP) is 2.43. The van der Waals surface area contributed by atoms with Gasteiger partial charge in [0.15, 0.2) is 10.8 Å². The van der Waals surface area contributed by atoms with Gasteiger partial charge in [-0.25, -0.2) is 9.98 Å². The predicted molar refractivity (Wildman–Crippen MR) is 106 cm³/mol. The first-order chi connectivity index (χ1) is 11.8. The second-order valence-corrected chi connectivity index (χ2v) is 7.36. The van der Waals surface area contributed by atoms with Crippen molar-refractivity contribution in [3.8, 4) is 0 Å². The van der Waals surface area contributed by atoms with Crippen molar-refractivity contribution in [2.75, 3.05) is 5.32 Å². The molecule has 2 rings (SSSR count). The fraction of sp³-hybridized carbons (Fsp3) is 0.316. The van der Waals surface area contributed by atoms with E-state index in [-0.39, 0.29) is 5.01 Å². The Bertz CT molecular complexity index is 912. The zero-order chi connectivity index (χ0) is 18.6. The van der Waals surface area contributed by atoms with Gasteiger partial charge in [0.25, 0.3) is 5.91 Å². The van der Waals surface area contributed by atoms with Gasteiger partial charge in [-0.15, -0.1) is 11.3 Å². The summed E-state index contributed by atoms with van der Waals surface area (Å²) in [5, 5.41) is 4.14. The van der Waals surface area contributed by atoms with E-state index in [2.05, 4.69) is 54.8 Å². The van der Waals surface area contributed by atoms with E-state index in [9.17, 15) is 4.79 Å². The van der Waals surface area contributed by atoms with Gasteiger partial charge >= 0.3 is 0 Å². The Hall–Kier alpha value is -2.47.